The minimum atomic E-state index is -0.474. The number of hydrogen-bond acceptors (Lipinski definition) is 2. The van der Waals surface area contributed by atoms with Crippen molar-refractivity contribution in [2.24, 2.45) is 17.8 Å². The number of rotatable bonds is 3. The van der Waals surface area contributed by atoms with E-state index in [1.807, 2.05) is 0 Å². The number of carbonyl (C=O) groups excluding carboxylic acids is 1. The fourth-order valence-corrected chi connectivity index (χ4v) is 2.96. The number of halogens is 1. The first-order chi connectivity index (χ1) is 9.20. The number of anilines is 1. The maximum atomic E-state index is 12.7. The second-order valence-electron chi connectivity index (χ2n) is 5.27. The van der Waals surface area contributed by atoms with Crippen LogP contribution in [0.2, 0.25) is 0 Å². The predicted molar refractivity (Wildman–Crippen MR) is 70.2 cm³/mol. The Hall–Kier alpha value is -1.84. The molecule has 2 aliphatic carbocycles. The summed E-state index contributed by atoms with van der Waals surface area (Å²) in [5, 5.41) is 2.59. The standard InChI is InChI=1S/C15H16FNO2/c16-13-3-5-14(6-4-13)17-15(18)19-9-12-8-10-1-2-11(12)7-10/h1-6,10-12H,7-9H2,(H,17,18)/t10-,11-,12-/m0/s1. The molecule has 0 aliphatic heterocycles. The maximum Gasteiger partial charge on any atom is 0.411 e. The van der Waals surface area contributed by atoms with E-state index in [0.29, 0.717) is 30.0 Å². The van der Waals surface area contributed by atoms with Gasteiger partial charge in [-0.05, 0) is 48.9 Å². The molecule has 1 fully saturated rings. The van der Waals surface area contributed by atoms with Crippen LogP contribution in [0.3, 0.4) is 0 Å². The van der Waals surface area contributed by atoms with Gasteiger partial charge in [0.15, 0.2) is 0 Å². The molecule has 0 unspecified atom stereocenters. The van der Waals surface area contributed by atoms with Gasteiger partial charge in [0, 0.05) is 11.6 Å². The molecule has 1 aromatic rings. The molecule has 1 saturated carbocycles. The zero-order chi connectivity index (χ0) is 13.2. The monoisotopic (exact) mass is 261 g/mol. The zero-order valence-electron chi connectivity index (χ0n) is 10.5. The summed E-state index contributed by atoms with van der Waals surface area (Å²) in [5.74, 6) is 1.38. The first-order valence-electron chi connectivity index (χ1n) is 6.58. The lowest BCUT2D eigenvalue weighted by Gasteiger charge is -2.17. The van der Waals surface area contributed by atoms with Gasteiger partial charge in [-0.2, -0.15) is 0 Å². The minimum absolute atomic E-state index is 0.326. The largest absolute Gasteiger partial charge is 0.449 e. The van der Waals surface area contributed by atoms with Gasteiger partial charge < -0.3 is 4.74 Å². The summed E-state index contributed by atoms with van der Waals surface area (Å²) in [5.41, 5.74) is 0.541. The Morgan fingerprint density at radius 2 is 2.05 bits per heavy atom. The summed E-state index contributed by atoms with van der Waals surface area (Å²) in [6, 6.07) is 5.63. The number of nitrogens with one attached hydrogen (secondary N) is 1. The number of amides is 1. The first-order valence-corrected chi connectivity index (χ1v) is 6.58. The Bertz CT molecular complexity index is 497. The van der Waals surface area contributed by atoms with E-state index in [4.69, 9.17) is 4.74 Å². The van der Waals surface area contributed by atoms with E-state index in [2.05, 4.69) is 17.5 Å². The van der Waals surface area contributed by atoms with E-state index in [0.717, 1.165) is 6.42 Å². The predicted octanol–water partition coefficient (Wildman–Crippen LogP) is 3.59. The Morgan fingerprint density at radius 3 is 2.68 bits per heavy atom. The summed E-state index contributed by atoms with van der Waals surface area (Å²) in [7, 11) is 0. The van der Waals surface area contributed by atoms with Gasteiger partial charge in [-0.15, -0.1) is 0 Å². The third kappa shape index (κ3) is 2.78. The molecular weight excluding hydrogens is 245 g/mol. The van der Waals surface area contributed by atoms with Crippen molar-refractivity contribution >= 4 is 11.8 Å². The fraction of sp³-hybridized carbons (Fsp3) is 0.400. The molecule has 0 radical (unpaired) electrons. The van der Waals surface area contributed by atoms with Crippen molar-refractivity contribution in [3.63, 3.8) is 0 Å². The van der Waals surface area contributed by atoms with Gasteiger partial charge >= 0.3 is 6.09 Å². The number of benzene rings is 1. The molecule has 2 bridgehead atoms. The van der Waals surface area contributed by atoms with Crippen LogP contribution in [0.4, 0.5) is 14.9 Å². The summed E-state index contributed by atoms with van der Waals surface area (Å²) < 4.78 is 17.9. The highest BCUT2D eigenvalue weighted by molar-refractivity contribution is 5.84. The zero-order valence-corrected chi connectivity index (χ0v) is 10.5. The molecule has 0 aromatic heterocycles. The topological polar surface area (TPSA) is 38.3 Å². The molecule has 0 heterocycles. The summed E-state index contributed by atoms with van der Waals surface area (Å²) >= 11 is 0. The van der Waals surface area contributed by atoms with Crippen LogP contribution in [-0.2, 0) is 4.74 Å². The van der Waals surface area contributed by atoms with Gasteiger partial charge in [0.2, 0.25) is 0 Å². The van der Waals surface area contributed by atoms with Crippen LogP contribution >= 0.6 is 0 Å². The van der Waals surface area contributed by atoms with Crippen LogP contribution in [0.15, 0.2) is 36.4 Å². The second kappa shape index (κ2) is 5.03. The summed E-state index contributed by atoms with van der Waals surface area (Å²) in [6.07, 6.45) is 6.34. The van der Waals surface area contributed by atoms with Crippen molar-refractivity contribution < 1.29 is 13.9 Å². The molecule has 3 nitrogen and oxygen atoms in total. The molecule has 0 spiro atoms. The summed E-state index contributed by atoms with van der Waals surface area (Å²) in [6.45, 7) is 0.457. The van der Waals surface area contributed by atoms with Crippen LogP contribution in [0, 0.1) is 23.6 Å². The average molecular weight is 261 g/mol. The van der Waals surface area contributed by atoms with Crippen molar-refractivity contribution in [3.05, 3.63) is 42.2 Å². The van der Waals surface area contributed by atoms with E-state index in [-0.39, 0.29) is 5.82 Å². The van der Waals surface area contributed by atoms with Crippen LogP contribution in [0.25, 0.3) is 0 Å². The van der Waals surface area contributed by atoms with E-state index >= 15 is 0 Å². The summed E-state index contributed by atoms with van der Waals surface area (Å²) in [4.78, 5) is 11.6. The Morgan fingerprint density at radius 1 is 1.26 bits per heavy atom. The number of ether oxygens (including phenoxy) is 1. The van der Waals surface area contributed by atoms with E-state index < -0.39 is 6.09 Å². The molecule has 2 aliphatic rings. The van der Waals surface area contributed by atoms with Crippen molar-refractivity contribution in [3.8, 4) is 0 Å². The smallest absolute Gasteiger partial charge is 0.411 e. The van der Waals surface area contributed by atoms with Crippen LogP contribution < -0.4 is 5.32 Å². The Labute approximate surface area is 111 Å². The van der Waals surface area contributed by atoms with E-state index in [9.17, 15) is 9.18 Å². The van der Waals surface area contributed by atoms with Gasteiger partial charge in [0.05, 0.1) is 6.61 Å². The number of fused-ring (bicyclic) bond motifs is 2. The number of carbonyl (C=O) groups is 1. The number of allylic oxidation sites excluding steroid dienone is 2. The lowest BCUT2D eigenvalue weighted by Crippen LogP contribution is -2.21. The van der Waals surface area contributed by atoms with Gasteiger partial charge in [-0.3, -0.25) is 5.32 Å². The normalized spacial score (nSPS) is 27.5. The van der Waals surface area contributed by atoms with Crippen molar-refractivity contribution in [1.82, 2.24) is 0 Å². The Balaban J connectivity index is 1.47. The number of hydrogen-bond donors (Lipinski definition) is 1. The lowest BCUT2D eigenvalue weighted by molar-refractivity contribution is 0.134. The maximum absolute atomic E-state index is 12.7. The van der Waals surface area contributed by atoms with Gasteiger partial charge in [-0.1, -0.05) is 12.2 Å². The molecule has 19 heavy (non-hydrogen) atoms. The molecule has 4 heteroatoms. The van der Waals surface area contributed by atoms with Gasteiger partial charge in [0.1, 0.15) is 5.82 Å². The van der Waals surface area contributed by atoms with Gasteiger partial charge in [0.25, 0.3) is 0 Å². The molecule has 1 amide bonds. The van der Waals surface area contributed by atoms with Crippen LogP contribution in [-0.4, -0.2) is 12.7 Å². The molecular formula is C15H16FNO2. The average Bonchev–Trinajstić information content (AvgIpc) is 3.01. The molecule has 1 aromatic carbocycles. The lowest BCUT2D eigenvalue weighted by atomic mass is 9.95. The second-order valence-corrected chi connectivity index (χ2v) is 5.27. The molecule has 3 atom stereocenters. The van der Waals surface area contributed by atoms with Gasteiger partial charge in [-0.25, -0.2) is 9.18 Å². The molecule has 1 N–H and O–H groups in total. The highest BCUT2D eigenvalue weighted by Crippen LogP contribution is 2.43. The third-order valence-electron chi connectivity index (χ3n) is 3.94. The SMILES string of the molecule is O=C(Nc1ccc(F)cc1)OC[C@@H]1C[C@H]2C=C[C@H]1C2. The first kappa shape index (κ1) is 12.2. The highest BCUT2D eigenvalue weighted by Gasteiger charge is 2.36. The third-order valence-corrected chi connectivity index (χ3v) is 3.94. The van der Waals surface area contributed by atoms with Crippen molar-refractivity contribution in [2.75, 3.05) is 11.9 Å². The van der Waals surface area contributed by atoms with Crippen LogP contribution in [0.1, 0.15) is 12.8 Å². The van der Waals surface area contributed by atoms with Crippen molar-refractivity contribution in [1.29, 1.82) is 0 Å². The quantitative estimate of drug-likeness (QED) is 0.844. The molecule has 100 valence electrons. The van der Waals surface area contributed by atoms with Crippen molar-refractivity contribution in [2.45, 2.75) is 12.8 Å². The molecule has 3 rings (SSSR count). The fourth-order valence-electron chi connectivity index (χ4n) is 2.96. The van der Waals surface area contributed by atoms with E-state index in [1.165, 1.54) is 30.7 Å². The molecule has 0 saturated heterocycles. The van der Waals surface area contributed by atoms with Crippen LogP contribution in [0.5, 0.6) is 0 Å². The Kier molecular flexibility index (Phi) is 3.23. The highest BCUT2D eigenvalue weighted by atomic mass is 19.1. The van der Waals surface area contributed by atoms with E-state index in [1.54, 1.807) is 0 Å². The minimum Gasteiger partial charge on any atom is -0.449 e.